The van der Waals surface area contributed by atoms with Crippen LogP contribution >= 0.6 is 11.6 Å². The Labute approximate surface area is 216 Å². The van der Waals surface area contributed by atoms with E-state index in [1.54, 1.807) is 62.8 Å². The van der Waals surface area contributed by atoms with Gasteiger partial charge >= 0.3 is 0 Å². The summed E-state index contributed by atoms with van der Waals surface area (Å²) in [6.07, 6.45) is 2.23. The molecule has 2 heterocycles. The number of hydroxylamine groups is 1. The molecule has 0 atom stereocenters. The third-order valence-electron chi connectivity index (χ3n) is 5.88. The van der Waals surface area contributed by atoms with Crippen molar-refractivity contribution in [1.82, 2.24) is 15.4 Å². The van der Waals surface area contributed by atoms with E-state index < -0.39 is 11.3 Å². The Morgan fingerprint density at radius 3 is 2.44 bits per heavy atom. The summed E-state index contributed by atoms with van der Waals surface area (Å²) in [7, 11) is 0. The van der Waals surface area contributed by atoms with Gasteiger partial charge in [0.25, 0.3) is 5.91 Å². The average molecular weight is 510 g/mol. The smallest absolute Gasteiger partial charge is 0.257 e. The number of anilines is 2. The van der Waals surface area contributed by atoms with Crippen LogP contribution in [0.5, 0.6) is 0 Å². The molecule has 8 nitrogen and oxygen atoms in total. The van der Waals surface area contributed by atoms with Gasteiger partial charge in [-0.25, -0.2) is 10.5 Å². The first-order valence-electron chi connectivity index (χ1n) is 11.6. The number of benzene rings is 1. The molecule has 190 valence electrons. The zero-order valence-corrected chi connectivity index (χ0v) is 21.9. The molecular weight excluding hydrogens is 478 g/mol. The van der Waals surface area contributed by atoms with Crippen molar-refractivity contribution >= 4 is 34.9 Å². The van der Waals surface area contributed by atoms with Gasteiger partial charge in [0.2, 0.25) is 5.91 Å². The van der Waals surface area contributed by atoms with Crippen molar-refractivity contribution in [2.45, 2.75) is 41.0 Å². The van der Waals surface area contributed by atoms with Crippen LogP contribution in [-0.4, -0.2) is 33.5 Å². The minimum atomic E-state index is -0.733. The number of carbonyl (C=O) groups is 2. The maximum absolute atomic E-state index is 13.0. The SMILES string of the molecule is Cc1nc(NCC(C)(C)CC(C)(C)C(=O)NO)ccc1C(=O)Nc1ccc(Cl)c(-c2ccccn2)c1. The van der Waals surface area contributed by atoms with Crippen LogP contribution in [0.3, 0.4) is 0 Å². The predicted molar refractivity (Wildman–Crippen MR) is 142 cm³/mol. The van der Waals surface area contributed by atoms with Gasteiger partial charge in [0.1, 0.15) is 5.82 Å². The van der Waals surface area contributed by atoms with Crippen LogP contribution in [0.15, 0.2) is 54.7 Å². The van der Waals surface area contributed by atoms with Gasteiger partial charge in [-0.1, -0.05) is 45.4 Å². The molecule has 0 saturated carbocycles. The van der Waals surface area contributed by atoms with Gasteiger partial charge in [0, 0.05) is 29.4 Å². The molecule has 2 aromatic heterocycles. The Hall–Kier alpha value is -3.49. The molecule has 0 aliphatic rings. The second-order valence-corrected chi connectivity index (χ2v) is 10.6. The van der Waals surface area contributed by atoms with Crippen LogP contribution in [0.4, 0.5) is 11.5 Å². The standard InChI is InChI=1S/C27H32ClN5O3/c1-17-19(10-12-23(31-17)30-16-26(2,3)15-27(4,5)25(35)33-36)24(34)32-18-9-11-21(28)20(14-18)22-8-6-7-13-29-22/h6-14,36H,15-16H2,1-5H3,(H,30,31)(H,32,34)(H,33,35). The van der Waals surface area contributed by atoms with E-state index in [-0.39, 0.29) is 11.3 Å². The lowest BCUT2D eigenvalue weighted by Crippen LogP contribution is -2.40. The quantitative estimate of drug-likeness (QED) is 0.216. The molecule has 0 radical (unpaired) electrons. The fourth-order valence-electron chi connectivity index (χ4n) is 4.24. The van der Waals surface area contributed by atoms with Crippen LogP contribution in [0, 0.1) is 17.8 Å². The van der Waals surface area contributed by atoms with E-state index in [1.807, 2.05) is 32.0 Å². The Bertz CT molecular complexity index is 1250. The first kappa shape index (κ1) is 27.1. The predicted octanol–water partition coefficient (Wildman–Crippen LogP) is 5.72. The number of nitrogens with zero attached hydrogens (tertiary/aromatic N) is 2. The number of rotatable bonds is 9. The zero-order valence-electron chi connectivity index (χ0n) is 21.1. The van der Waals surface area contributed by atoms with Crippen LogP contribution < -0.4 is 16.1 Å². The van der Waals surface area contributed by atoms with Crippen molar-refractivity contribution in [2.24, 2.45) is 10.8 Å². The normalized spacial score (nSPS) is 11.6. The second kappa shape index (κ2) is 11.1. The maximum Gasteiger partial charge on any atom is 0.257 e. The number of aryl methyl sites for hydroxylation is 1. The molecule has 1 aromatic carbocycles. The zero-order chi connectivity index (χ0) is 26.5. The van der Waals surface area contributed by atoms with Gasteiger partial charge in [0.05, 0.1) is 22.0 Å². The van der Waals surface area contributed by atoms with E-state index in [4.69, 9.17) is 16.8 Å². The lowest BCUT2D eigenvalue weighted by molar-refractivity contribution is -0.139. The number of halogens is 1. The van der Waals surface area contributed by atoms with E-state index in [2.05, 4.69) is 20.6 Å². The summed E-state index contributed by atoms with van der Waals surface area (Å²) in [5.74, 6) is -0.0730. The largest absolute Gasteiger partial charge is 0.370 e. The highest BCUT2D eigenvalue weighted by Gasteiger charge is 2.34. The molecule has 3 rings (SSSR count). The number of carbonyl (C=O) groups excluding carboxylic acids is 2. The van der Waals surface area contributed by atoms with E-state index in [1.165, 1.54) is 0 Å². The highest BCUT2D eigenvalue weighted by Crippen LogP contribution is 2.34. The van der Waals surface area contributed by atoms with E-state index >= 15 is 0 Å². The van der Waals surface area contributed by atoms with Crippen LogP contribution in [0.1, 0.15) is 50.2 Å². The second-order valence-electron chi connectivity index (χ2n) is 10.2. The number of nitrogens with one attached hydrogen (secondary N) is 3. The molecule has 0 aliphatic carbocycles. The molecule has 36 heavy (non-hydrogen) atoms. The molecule has 0 bridgehead atoms. The van der Waals surface area contributed by atoms with Gasteiger partial charge < -0.3 is 10.6 Å². The summed E-state index contributed by atoms with van der Waals surface area (Å²) in [4.78, 5) is 33.8. The number of amides is 2. The van der Waals surface area contributed by atoms with E-state index in [0.717, 1.165) is 11.3 Å². The van der Waals surface area contributed by atoms with Crippen molar-refractivity contribution in [3.05, 3.63) is 71.0 Å². The molecule has 0 unspecified atom stereocenters. The summed E-state index contributed by atoms with van der Waals surface area (Å²) < 4.78 is 0. The maximum atomic E-state index is 13.0. The number of aromatic nitrogens is 2. The molecule has 0 saturated heterocycles. The minimum absolute atomic E-state index is 0.262. The first-order valence-corrected chi connectivity index (χ1v) is 12.0. The molecule has 4 N–H and O–H groups in total. The van der Waals surface area contributed by atoms with Crippen LogP contribution in [-0.2, 0) is 4.79 Å². The summed E-state index contributed by atoms with van der Waals surface area (Å²) in [6.45, 7) is 9.97. The Morgan fingerprint density at radius 1 is 1.06 bits per heavy atom. The number of hydrogen-bond acceptors (Lipinski definition) is 6. The lowest BCUT2D eigenvalue weighted by Gasteiger charge is -2.33. The summed E-state index contributed by atoms with van der Waals surface area (Å²) >= 11 is 6.35. The van der Waals surface area contributed by atoms with E-state index in [9.17, 15) is 9.59 Å². The van der Waals surface area contributed by atoms with Crippen LogP contribution in [0.25, 0.3) is 11.3 Å². The first-order chi connectivity index (χ1) is 16.9. The summed E-state index contributed by atoms with van der Waals surface area (Å²) in [6, 6.07) is 14.3. The van der Waals surface area contributed by atoms with Gasteiger partial charge in [-0.2, -0.15) is 0 Å². The van der Waals surface area contributed by atoms with Gasteiger partial charge in [-0.3, -0.25) is 19.8 Å². The van der Waals surface area contributed by atoms with Crippen molar-refractivity contribution < 1.29 is 14.8 Å². The number of pyridine rings is 2. The van der Waals surface area contributed by atoms with Crippen molar-refractivity contribution in [3.63, 3.8) is 0 Å². The molecule has 2 amide bonds. The fraction of sp³-hybridized carbons (Fsp3) is 0.333. The monoisotopic (exact) mass is 509 g/mol. The molecule has 0 aliphatic heterocycles. The lowest BCUT2D eigenvalue weighted by atomic mass is 9.74. The average Bonchev–Trinajstić information content (AvgIpc) is 2.83. The summed E-state index contributed by atoms with van der Waals surface area (Å²) in [5, 5.41) is 15.7. The highest BCUT2D eigenvalue weighted by molar-refractivity contribution is 6.33. The van der Waals surface area contributed by atoms with Crippen molar-refractivity contribution in [3.8, 4) is 11.3 Å². The van der Waals surface area contributed by atoms with E-state index in [0.29, 0.717) is 40.8 Å². The fourth-order valence-corrected chi connectivity index (χ4v) is 4.45. The Morgan fingerprint density at radius 2 is 1.81 bits per heavy atom. The number of hydrogen-bond donors (Lipinski definition) is 4. The third-order valence-corrected chi connectivity index (χ3v) is 6.21. The van der Waals surface area contributed by atoms with Gasteiger partial charge in [-0.15, -0.1) is 0 Å². The van der Waals surface area contributed by atoms with Crippen molar-refractivity contribution in [1.29, 1.82) is 0 Å². The third kappa shape index (κ3) is 6.80. The Kier molecular flexibility index (Phi) is 8.32. The highest BCUT2D eigenvalue weighted by atomic mass is 35.5. The molecule has 9 heteroatoms. The van der Waals surface area contributed by atoms with Gasteiger partial charge in [0.15, 0.2) is 0 Å². The minimum Gasteiger partial charge on any atom is -0.370 e. The van der Waals surface area contributed by atoms with Crippen LogP contribution in [0.2, 0.25) is 5.02 Å². The van der Waals surface area contributed by atoms with Crippen molar-refractivity contribution in [2.75, 3.05) is 17.2 Å². The molecular formula is C27H32ClN5O3. The molecule has 3 aromatic rings. The topological polar surface area (TPSA) is 116 Å². The molecule has 0 fully saturated rings. The van der Waals surface area contributed by atoms with Gasteiger partial charge in [-0.05, 0) is 61.2 Å². The summed E-state index contributed by atoms with van der Waals surface area (Å²) in [5.41, 5.74) is 3.82. The Balaban J connectivity index is 1.68. The molecule has 0 spiro atoms.